The quantitative estimate of drug-likeness (QED) is 0.521. The van der Waals surface area contributed by atoms with Gasteiger partial charge in [-0.15, -0.1) is 12.4 Å². The topological polar surface area (TPSA) is 51.8 Å². The number of fused-ring (bicyclic) bond motifs is 5. The zero-order chi connectivity index (χ0) is 16.8. The number of pyridine rings is 2. The van der Waals surface area contributed by atoms with Crippen LogP contribution in [0, 0.1) is 0 Å². The molecular weight excluding hydrogens is 342 g/mol. The summed E-state index contributed by atoms with van der Waals surface area (Å²) < 4.78 is 0. The summed E-state index contributed by atoms with van der Waals surface area (Å²) in [5, 5.41) is 2.22. The lowest BCUT2D eigenvalue weighted by Crippen LogP contribution is -2.15. The predicted octanol–water partition coefficient (Wildman–Crippen LogP) is 4.99. The van der Waals surface area contributed by atoms with Gasteiger partial charge in [0.25, 0.3) is 0 Å². The van der Waals surface area contributed by atoms with E-state index in [0.29, 0.717) is 5.82 Å². The SMILES string of the molecule is Cl.Nc1nc2c(c3ccccc13)C(c1ccncc1)Cc1ccccc1-2. The van der Waals surface area contributed by atoms with Gasteiger partial charge >= 0.3 is 0 Å². The Balaban J connectivity index is 0.00000168. The zero-order valence-corrected chi connectivity index (χ0v) is 14.9. The second kappa shape index (κ2) is 6.43. The molecule has 0 radical (unpaired) electrons. The van der Waals surface area contributed by atoms with Crippen molar-refractivity contribution in [3.63, 3.8) is 0 Å². The van der Waals surface area contributed by atoms with E-state index in [2.05, 4.69) is 59.6 Å². The van der Waals surface area contributed by atoms with Gasteiger partial charge in [0.2, 0.25) is 0 Å². The summed E-state index contributed by atoms with van der Waals surface area (Å²) in [6.07, 6.45) is 4.69. The van der Waals surface area contributed by atoms with Crippen molar-refractivity contribution in [3.8, 4) is 11.3 Å². The third-order valence-electron chi connectivity index (χ3n) is 5.13. The molecule has 1 unspecified atom stereocenters. The highest BCUT2D eigenvalue weighted by Crippen LogP contribution is 2.45. The predicted molar refractivity (Wildman–Crippen MR) is 109 cm³/mol. The minimum absolute atomic E-state index is 0. The van der Waals surface area contributed by atoms with E-state index in [1.165, 1.54) is 27.6 Å². The van der Waals surface area contributed by atoms with Crippen LogP contribution in [0.5, 0.6) is 0 Å². The van der Waals surface area contributed by atoms with Crippen LogP contribution in [0.4, 0.5) is 5.82 Å². The van der Waals surface area contributed by atoms with E-state index in [1.807, 2.05) is 18.5 Å². The Labute approximate surface area is 158 Å². The molecule has 2 N–H and O–H groups in total. The van der Waals surface area contributed by atoms with Crippen LogP contribution >= 0.6 is 12.4 Å². The monoisotopic (exact) mass is 359 g/mol. The van der Waals surface area contributed by atoms with Gasteiger partial charge in [-0.3, -0.25) is 4.98 Å². The number of hydrogen-bond donors (Lipinski definition) is 1. The van der Waals surface area contributed by atoms with E-state index in [1.54, 1.807) is 0 Å². The smallest absolute Gasteiger partial charge is 0.131 e. The molecule has 3 nitrogen and oxygen atoms in total. The van der Waals surface area contributed by atoms with Crippen molar-refractivity contribution in [1.82, 2.24) is 9.97 Å². The van der Waals surface area contributed by atoms with Gasteiger partial charge in [-0.1, -0.05) is 48.5 Å². The van der Waals surface area contributed by atoms with E-state index in [0.717, 1.165) is 17.5 Å². The lowest BCUT2D eigenvalue weighted by molar-refractivity contribution is 0.793. The summed E-state index contributed by atoms with van der Waals surface area (Å²) in [6, 6.07) is 21.0. The molecule has 0 saturated carbocycles. The van der Waals surface area contributed by atoms with Gasteiger partial charge in [-0.05, 0) is 40.6 Å². The second-order valence-corrected chi connectivity index (χ2v) is 6.50. The zero-order valence-electron chi connectivity index (χ0n) is 14.1. The Morgan fingerprint density at radius 1 is 0.846 bits per heavy atom. The average molecular weight is 360 g/mol. The molecule has 4 heteroatoms. The van der Waals surface area contributed by atoms with Crippen LogP contribution in [-0.4, -0.2) is 9.97 Å². The number of hydrogen-bond acceptors (Lipinski definition) is 3. The summed E-state index contributed by atoms with van der Waals surface area (Å²) in [7, 11) is 0. The molecule has 4 aromatic rings. The fourth-order valence-corrected chi connectivity index (χ4v) is 4.00. The van der Waals surface area contributed by atoms with Crippen LogP contribution in [0.1, 0.15) is 22.6 Å². The maximum absolute atomic E-state index is 6.30. The molecule has 1 aliphatic rings. The summed E-state index contributed by atoms with van der Waals surface area (Å²) >= 11 is 0. The van der Waals surface area contributed by atoms with Crippen LogP contribution in [-0.2, 0) is 6.42 Å². The van der Waals surface area contributed by atoms with Crippen molar-refractivity contribution in [3.05, 3.63) is 89.7 Å². The van der Waals surface area contributed by atoms with Crippen molar-refractivity contribution in [2.45, 2.75) is 12.3 Å². The highest BCUT2D eigenvalue weighted by molar-refractivity contribution is 5.98. The maximum atomic E-state index is 6.30. The molecule has 2 heterocycles. The lowest BCUT2D eigenvalue weighted by Gasteiger charge is -2.29. The Morgan fingerprint density at radius 2 is 1.54 bits per heavy atom. The van der Waals surface area contributed by atoms with Gasteiger partial charge in [-0.25, -0.2) is 4.98 Å². The summed E-state index contributed by atoms with van der Waals surface area (Å²) in [5.74, 6) is 0.852. The third kappa shape index (κ3) is 2.44. The summed E-state index contributed by atoms with van der Waals surface area (Å²) in [4.78, 5) is 9.00. The molecule has 2 aromatic heterocycles. The van der Waals surface area contributed by atoms with Crippen molar-refractivity contribution >= 4 is 29.0 Å². The molecule has 2 aromatic carbocycles. The molecular formula is C22H18ClN3. The Kier molecular flexibility index (Phi) is 4.09. The number of benzene rings is 2. The normalized spacial score (nSPS) is 15.0. The Morgan fingerprint density at radius 3 is 2.35 bits per heavy atom. The molecule has 0 fully saturated rings. The fourth-order valence-electron chi connectivity index (χ4n) is 4.00. The molecule has 0 amide bonds. The first-order chi connectivity index (χ1) is 12.3. The first kappa shape index (κ1) is 16.6. The van der Waals surface area contributed by atoms with E-state index in [-0.39, 0.29) is 18.3 Å². The average Bonchev–Trinajstić information content (AvgIpc) is 2.68. The van der Waals surface area contributed by atoms with Crippen LogP contribution in [0.25, 0.3) is 22.0 Å². The van der Waals surface area contributed by atoms with Crippen molar-refractivity contribution in [1.29, 1.82) is 0 Å². The van der Waals surface area contributed by atoms with Gasteiger partial charge < -0.3 is 5.73 Å². The van der Waals surface area contributed by atoms with E-state index >= 15 is 0 Å². The molecule has 0 aliphatic heterocycles. The number of rotatable bonds is 1. The first-order valence-electron chi connectivity index (χ1n) is 8.49. The molecule has 1 aliphatic carbocycles. The van der Waals surface area contributed by atoms with Gasteiger partial charge in [-0.2, -0.15) is 0 Å². The number of nitrogens with two attached hydrogens (primary N) is 1. The number of halogens is 1. The van der Waals surface area contributed by atoms with Gasteiger partial charge in [0.05, 0.1) is 5.69 Å². The van der Waals surface area contributed by atoms with Gasteiger partial charge in [0.15, 0.2) is 0 Å². The van der Waals surface area contributed by atoms with Crippen molar-refractivity contribution in [2.75, 3.05) is 5.73 Å². The van der Waals surface area contributed by atoms with Crippen LogP contribution in [0.15, 0.2) is 73.1 Å². The highest BCUT2D eigenvalue weighted by atomic mass is 35.5. The van der Waals surface area contributed by atoms with E-state index in [4.69, 9.17) is 10.7 Å². The first-order valence-corrected chi connectivity index (χ1v) is 8.49. The van der Waals surface area contributed by atoms with Crippen molar-refractivity contribution < 1.29 is 0 Å². The van der Waals surface area contributed by atoms with E-state index in [9.17, 15) is 0 Å². The largest absolute Gasteiger partial charge is 0.383 e. The molecule has 0 saturated heterocycles. The number of aromatic nitrogens is 2. The van der Waals surface area contributed by atoms with Crippen LogP contribution in [0.3, 0.4) is 0 Å². The van der Waals surface area contributed by atoms with Gasteiger partial charge in [0, 0.05) is 29.3 Å². The summed E-state index contributed by atoms with van der Waals surface area (Å²) in [6.45, 7) is 0. The Bertz CT molecular complexity index is 1090. The fraction of sp³-hybridized carbons (Fsp3) is 0.0909. The number of anilines is 1. The molecule has 0 spiro atoms. The molecule has 0 bridgehead atoms. The number of nitrogen functional groups attached to an aromatic ring is 1. The van der Waals surface area contributed by atoms with Crippen LogP contribution < -0.4 is 5.73 Å². The summed E-state index contributed by atoms with van der Waals surface area (Å²) in [5.41, 5.74) is 12.4. The molecule has 1 atom stereocenters. The minimum atomic E-state index is 0. The van der Waals surface area contributed by atoms with Gasteiger partial charge in [0.1, 0.15) is 5.82 Å². The highest BCUT2D eigenvalue weighted by Gasteiger charge is 2.29. The molecule has 26 heavy (non-hydrogen) atoms. The maximum Gasteiger partial charge on any atom is 0.131 e. The second-order valence-electron chi connectivity index (χ2n) is 6.50. The third-order valence-corrected chi connectivity index (χ3v) is 5.13. The van der Waals surface area contributed by atoms with Crippen molar-refractivity contribution in [2.24, 2.45) is 0 Å². The molecule has 5 rings (SSSR count). The standard InChI is InChI=1S/C22H17N3.ClH/c23-22-18-8-4-3-7-17(18)20-19(14-9-11-24-12-10-14)13-15-5-1-2-6-16(15)21(20)25-22;/h1-12,19H,13H2,(H2,23,25);1H. The minimum Gasteiger partial charge on any atom is -0.383 e. The van der Waals surface area contributed by atoms with Crippen LogP contribution in [0.2, 0.25) is 0 Å². The van der Waals surface area contributed by atoms with E-state index < -0.39 is 0 Å². The Hall–Kier alpha value is -2.91. The lowest BCUT2D eigenvalue weighted by atomic mass is 9.76. The number of nitrogens with zero attached hydrogens (tertiary/aromatic N) is 2. The molecule has 128 valence electrons.